The summed E-state index contributed by atoms with van der Waals surface area (Å²) < 4.78 is 10.4. The van der Waals surface area contributed by atoms with Crippen LogP contribution in [0.4, 0.5) is 0 Å². The summed E-state index contributed by atoms with van der Waals surface area (Å²) in [5.74, 6) is 2.91. The molecule has 3 heterocycles. The number of likely N-dealkylation sites (tertiary alicyclic amines) is 1. The van der Waals surface area contributed by atoms with Crippen molar-refractivity contribution in [1.29, 1.82) is 0 Å². The van der Waals surface area contributed by atoms with E-state index in [1.165, 1.54) is 19.3 Å². The Bertz CT molecular complexity index is 514. The van der Waals surface area contributed by atoms with Gasteiger partial charge in [0.15, 0.2) is 11.9 Å². The molecule has 2 saturated heterocycles. The zero-order valence-electron chi connectivity index (χ0n) is 12.2. The molecule has 0 spiro atoms. The van der Waals surface area contributed by atoms with E-state index in [9.17, 15) is 4.79 Å². The molecule has 1 unspecified atom stereocenters. The Morgan fingerprint density at radius 2 is 2.00 bits per heavy atom. The van der Waals surface area contributed by atoms with E-state index >= 15 is 0 Å². The van der Waals surface area contributed by atoms with Gasteiger partial charge in [-0.3, -0.25) is 4.79 Å². The number of ether oxygens (including phenoxy) is 1. The highest BCUT2D eigenvalue weighted by molar-refractivity contribution is 5.83. The monoisotopic (exact) mass is 291 g/mol. The number of nitrogens with zero attached hydrogens (tertiary/aromatic N) is 3. The lowest BCUT2D eigenvalue weighted by Crippen LogP contribution is -2.41. The van der Waals surface area contributed by atoms with Gasteiger partial charge in [-0.1, -0.05) is 11.6 Å². The van der Waals surface area contributed by atoms with Crippen molar-refractivity contribution in [3.05, 3.63) is 11.7 Å². The number of carbonyl (C=O) groups is 1. The Morgan fingerprint density at radius 3 is 2.62 bits per heavy atom. The molecule has 0 aromatic carbocycles. The van der Waals surface area contributed by atoms with Gasteiger partial charge in [0.2, 0.25) is 5.89 Å². The average molecular weight is 291 g/mol. The van der Waals surface area contributed by atoms with Gasteiger partial charge in [0.25, 0.3) is 5.91 Å². The Balaban J connectivity index is 1.28. The highest BCUT2D eigenvalue weighted by Crippen LogP contribution is 2.34. The van der Waals surface area contributed by atoms with Crippen LogP contribution in [0.15, 0.2) is 4.52 Å². The first-order valence-electron chi connectivity index (χ1n) is 8.02. The van der Waals surface area contributed by atoms with Crippen molar-refractivity contribution in [1.82, 2.24) is 15.0 Å². The molecule has 1 atom stereocenters. The number of piperidine rings is 1. The maximum atomic E-state index is 11.9. The van der Waals surface area contributed by atoms with Crippen LogP contribution in [0.3, 0.4) is 0 Å². The molecule has 0 bridgehead atoms. The van der Waals surface area contributed by atoms with Crippen molar-refractivity contribution < 1.29 is 14.1 Å². The van der Waals surface area contributed by atoms with Crippen LogP contribution in [0.1, 0.15) is 49.7 Å². The molecule has 1 aromatic heterocycles. The van der Waals surface area contributed by atoms with Crippen molar-refractivity contribution in [2.45, 2.75) is 50.5 Å². The van der Waals surface area contributed by atoms with E-state index in [-0.39, 0.29) is 12.0 Å². The van der Waals surface area contributed by atoms with E-state index in [4.69, 9.17) is 9.26 Å². The Morgan fingerprint density at radius 1 is 1.24 bits per heavy atom. The maximum absolute atomic E-state index is 11.9. The fourth-order valence-corrected chi connectivity index (χ4v) is 3.18. The summed E-state index contributed by atoms with van der Waals surface area (Å²) in [5, 5.41) is 4.11. The Labute approximate surface area is 123 Å². The molecule has 2 aliphatic heterocycles. The molecule has 0 N–H and O–H groups in total. The van der Waals surface area contributed by atoms with E-state index in [2.05, 4.69) is 10.1 Å². The lowest BCUT2D eigenvalue weighted by Gasteiger charge is -2.31. The van der Waals surface area contributed by atoms with Gasteiger partial charge in [-0.15, -0.1) is 0 Å². The van der Waals surface area contributed by atoms with Crippen molar-refractivity contribution in [3.8, 4) is 0 Å². The van der Waals surface area contributed by atoms with Gasteiger partial charge >= 0.3 is 0 Å². The van der Waals surface area contributed by atoms with Gasteiger partial charge in [-0.2, -0.15) is 4.98 Å². The highest BCUT2D eigenvalue weighted by atomic mass is 16.6. The van der Waals surface area contributed by atoms with E-state index in [1.807, 2.05) is 4.90 Å². The van der Waals surface area contributed by atoms with Gasteiger partial charge in [0.1, 0.15) is 0 Å². The summed E-state index contributed by atoms with van der Waals surface area (Å²) in [6.07, 6.45) is 6.40. The minimum absolute atomic E-state index is 0.150. The summed E-state index contributed by atoms with van der Waals surface area (Å²) in [6, 6.07) is 0. The Kier molecular flexibility index (Phi) is 3.41. The molecule has 6 nitrogen and oxygen atoms in total. The van der Waals surface area contributed by atoms with Crippen LogP contribution in [0.25, 0.3) is 0 Å². The first kappa shape index (κ1) is 13.2. The number of aromatic nitrogens is 2. The molecule has 1 aliphatic carbocycles. The number of rotatable bonds is 4. The van der Waals surface area contributed by atoms with Crippen LogP contribution < -0.4 is 0 Å². The molecule has 3 fully saturated rings. The average Bonchev–Trinajstić information content (AvgIpc) is 3.20. The van der Waals surface area contributed by atoms with Gasteiger partial charge < -0.3 is 14.2 Å². The topological polar surface area (TPSA) is 71.8 Å². The fourth-order valence-electron chi connectivity index (χ4n) is 3.18. The standard InChI is InChI=1S/C15H21N3O3/c19-15(12-9-20-12)18-6-4-10(5-7-18)8-13-16-14(17-21-13)11-2-1-3-11/h10-12H,1-9H2. The largest absolute Gasteiger partial charge is 0.363 e. The zero-order valence-corrected chi connectivity index (χ0v) is 12.2. The summed E-state index contributed by atoms with van der Waals surface area (Å²) in [6.45, 7) is 2.25. The number of epoxide rings is 1. The molecule has 1 aromatic rings. The van der Waals surface area contributed by atoms with Crippen LogP contribution in [-0.2, 0) is 16.0 Å². The third-order valence-electron chi connectivity index (χ3n) is 4.95. The third-order valence-corrected chi connectivity index (χ3v) is 4.95. The summed E-state index contributed by atoms with van der Waals surface area (Å²) in [7, 11) is 0. The summed E-state index contributed by atoms with van der Waals surface area (Å²) in [4.78, 5) is 18.4. The molecule has 0 radical (unpaired) electrons. The van der Waals surface area contributed by atoms with Crippen LogP contribution in [0.2, 0.25) is 0 Å². The van der Waals surface area contributed by atoms with E-state index in [0.29, 0.717) is 18.4 Å². The molecule has 1 saturated carbocycles. The molecule has 6 heteroatoms. The molecule has 1 amide bonds. The molecule has 114 valence electrons. The van der Waals surface area contributed by atoms with Crippen LogP contribution >= 0.6 is 0 Å². The fraction of sp³-hybridized carbons (Fsp3) is 0.800. The van der Waals surface area contributed by atoms with Gasteiger partial charge in [-0.05, 0) is 31.6 Å². The maximum Gasteiger partial charge on any atom is 0.254 e. The van der Waals surface area contributed by atoms with Gasteiger partial charge in [0.05, 0.1) is 6.61 Å². The van der Waals surface area contributed by atoms with E-state index < -0.39 is 0 Å². The lowest BCUT2D eigenvalue weighted by molar-refractivity contribution is -0.133. The SMILES string of the molecule is O=C(C1CO1)N1CCC(Cc2nc(C3CCC3)no2)CC1. The minimum Gasteiger partial charge on any atom is -0.363 e. The predicted octanol–water partition coefficient (Wildman–Crippen LogP) is 1.52. The zero-order chi connectivity index (χ0) is 14.2. The second-order valence-corrected chi connectivity index (χ2v) is 6.47. The molecular formula is C15H21N3O3. The number of amides is 1. The predicted molar refractivity (Wildman–Crippen MR) is 73.6 cm³/mol. The van der Waals surface area contributed by atoms with Crippen LogP contribution in [0.5, 0.6) is 0 Å². The quantitative estimate of drug-likeness (QED) is 0.786. The highest BCUT2D eigenvalue weighted by Gasteiger charge is 2.36. The minimum atomic E-state index is -0.150. The summed E-state index contributed by atoms with van der Waals surface area (Å²) in [5.41, 5.74) is 0. The molecular weight excluding hydrogens is 270 g/mol. The number of hydrogen-bond donors (Lipinski definition) is 0. The molecule has 3 aliphatic rings. The smallest absolute Gasteiger partial charge is 0.254 e. The van der Waals surface area contributed by atoms with Gasteiger partial charge in [0, 0.05) is 25.4 Å². The number of hydrogen-bond acceptors (Lipinski definition) is 5. The van der Waals surface area contributed by atoms with Crippen molar-refractivity contribution in [2.24, 2.45) is 5.92 Å². The lowest BCUT2D eigenvalue weighted by atomic mass is 9.85. The molecule has 21 heavy (non-hydrogen) atoms. The number of carbonyl (C=O) groups excluding carboxylic acids is 1. The van der Waals surface area contributed by atoms with Crippen LogP contribution in [-0.4, -0.2) is 46.7 Å². The van der Waals surface area contributed by atoms with Gasteiger partial charge in [-0.25, -0.2) is 0 Å². The van der Waals surface area contributed by atoms with Crippen molar-refractivity contribution in [2.75, 3.05) is 19.7 Å². The second-order valence-electron chi connectivity index (χ2n) is 6.47. The third kappa shape index (κ3) is 2.81. The first-order chi connectivity index (χ1) is 10.3. The first-order valence-corrected chi connectivity index (χ1v) is 8.02. The Hall–Kier alpha value is -1.43. The summed E-state index contributed by atoms with van der Waals surface area (Å²) >= 11 is 0. The van der Waals surface area contributed by atoms with Crippen molar-refractivity contribution >= 4 is 5.91 Å². The normalized spacial score (nSPS) is 26.7. The van der Waals surface area contributed by atoms with E-state index in [0.717, 1.165) is 44.1 Å². The van der Waals surface area contributed by atoms with E-state index in [1.54, 1.807) is 0 Å². The van der Waals surface area contributed by atoms with Crippen LogP contribution in [0, 0.1) is 5.92 Å². The van der Waals surface area contributed by atoms with Crippen molar-refractivity contribution in [3.63, 3.8) is 0 Å². The molecule has 4 rings (SSSR count). The second kappa shape index (κ2) is 5.40.